The molecule has 0 saturated carbocycles. The lowest BCUT2D eigenvalue weighted by Crippen LogP contribution is -2.40. The van der Waals surface area contributed by atoms with Crippen molar-refractivity contribution < 1.29 is 9.53 Å². The van der Waals surface area contributed by atoms with Crippen molar-refractivity contribution in [1.29, 1.82) is 0 Å². The van der Waals surface area contributed by atoms with Gasteiger partial charge in [0.25, 0.3) is 5.91 Å². The Balaban J connectivity index is 1.98. The van der Waals surface area contributed by atoms with Crippen molar-refractivity contribution in [3.8, 4) is 0 Å². The van der Waals surface area contributed by atoms with Crippen molar-refractivity contribution in [2.24, 2.45) is 5.10 Å². The number of carbonyl (C=O) groups excluding carboxylic acids is 1. The van der Waals surface area contributed by atoms with Crippen LogP contribution < -0.4 is 5.43 Å². The van der Waals surface area contributed by atoms with E-state index in [2.05, 4.69) is 38.0 Å². The van der Waals surface area contributed by atoms with Crippen LogP contribution in [0.3, 0.4) is 0 Å². The molecular weight excluding hydrogens is 369 g/mol. The van der Waals surface area contributed by atoms with Gasteiger partial charge in [-0.15, -0.1) is 0 Å². The molecule has 1 aliphatic heterocycles. The van der Waals surface area contributed by atoms with Gasteiger partial charge < -0.3 is 9.64 Å². The molecular formula is C14H18IN3O2. The number of hydrazone groups is 1. The molecule has 0 spiro atoms. The number of amidine groups is 1. The first kappa shape index (κ1) is 15.2. The van der Waals surface area contributed by atoms with E-state index < -0.39 is 0 Å². The molecule has 1 aliphatic rings. The van der Waals surface area contributed by atoms with E-state index in [0.29, 0.717) is 18.8 Å². The summed E-state index contributed by atoms with van der Waals surface area (Å²) in [5.74, 6) is 0.624. The van der Waals surface area contributed by atoms with Crippen LogP contribution in [0.15, 0.2) is 23.3 Å². The van der Waals surface area contributed by atoms with Gasteiger partial charge in [0.1, 0.15) is 5.84 Å². The molecule has 0 radical (unpaired) electrons. The minimum Gasteiger partial charge on any atom is -0.378 e. The van der Waals surface area contributed by atoms with Crippen molar-refractivity contribution in [1.82, 2.24) is 10.3 Å². The summed E-state index contributed by atoms with van der Waals surface area (Å²) in [6.45, 7) is 6.95. The second kappa shape index (κ2) is 7.03. The molecule has 1 amide bonds. The fourth-order valence-electron chi connectivity index (χ4n) is 1.89. The molecule has 0 atom stereocenters. The van der Waals surface area contributed by atoms with Crippen molar-refractivity contribution >= 4 is 34.3 Å². The normalized spacial score (nSPS) is 16.1. The Labute approximate surface area is 132 Å². The Hall–Kier alpha value is -1.15. The first-order chi connectivity index (χ1) is 9.58. The maximum atomic E-state index is 12.0. The molecule has 0 aliphatic carbocycles. The Morgan fingerprint density at radius 2 is 2.10 bits per heavy atom. The van der Waals surface area contributed by atoms with E-state index >= 15 is 0 Å². The van der Waals surface area contributed by atoms with Crippen LogP contribution in [0, 0.1) is 10.5 Å². The molecule has 0 aromatic heterocycles. The van der Waals surface area contributed by atoms with Gasteiger partial charge in [-0.2, -0.15) is 5.10 Å². The smallest absolute Gasteiger partial charge is 0.271 e. The first-order valence-electron chi connectivity index (χ1n) is 6.51. The lowest BCUT2D eigenvalue weighted by atomic mass is 10.1. The number of carbonyl (C=O) groups is 1. The molecule has 1 N–H and O–H groups in total. The van der Waals surface area contributed by atoms with Gasteiger partial charge in [-0.1, -0.05) is 6.07 Å². The number of amides is 1. The van der Waals surface area contributed by atoms with E-state index in [-0.39, 0.29) is 5.91 Å². The molecule has 1 aromatic rings. The van der Waals surface area contributed by atoms with Crippen LogP contribution in [0.2, 0.25) is 0 Å². The van der Waals surface area contributed by atoms with Gasteiger partial charge in [0.2, 0.25) is 0 Å². The van der Waals surface area contributed by atoms with Crippen molar-refractivity contribution in [2.45, 2.75) is 13.8 Å². The summed E-state index contributed by atoms with van der Waals surface area (Å²) in [5, 5.41) is 4.16. The molecule has 1 fully saturated rings. The molecule has 5 nitrogen and oxygen atoms in total. The lowest BCUT2D eigenvalue weighted by Gasteiger charge is -2.27. The largest absolute Gasteiger partial charge is 0.378 e. The molecule has 108 valence electrons. The highest BCUT2D eigenvalue weighted by Crippen LogP contribution is 2.13. The van der Waals surface area contributed by atoms with Gasteiger partial charge in [0, 0.05) is 22.2 Å². The summed E-state index contributed by atoms with van der Waals surface area (Å²) in [7, 11) is 0. The number of morpholine rings is 1. The third-order valence-corrected chi connectivity index (χ3v) is 4.38. The number of hydrogen-bond donors (Lipinski definition) is 1. The van der Waals surface area contributed by atoms with Crippen LogP contribution in [0.25, 0.3) is 0 Å². The minimum atomic E-state index is -0.185. The summed E-state index contributed by atoms with van der Waals surface area (Å²) in [6, 6.07) is 5.62. The second-order valence-electron chi connectivity index (χ2n) is 4.66. The highest BCUT2D eigenvalue weighted by Gasteiger charge is 2.12. The van der Waals surface area contributed by atoms with E-state index in [1.54, 1.807) is 0 Å². The van der Waals surface area contributed by atoms with Crippen molar-refractivity contribution in [3.63, 3.8) is 0 Å². The predicted molar refractivity (Wildman–Crippen MR) is 86.9 cm³/mol. The molecule has 0 bridgehead atoms. The Morgan fingerprint density at radius 3 is 2.75 bits per heavy atom. The third kappa shape index (κ3) is 3.92. The average Bonchev–Trinajstić information content (AvgIpc) is 2.48. The van der Waals surface area contributed by atoms with Gasteiger partial charge in [-0.25, -0.2) is 5.43 Å². The zero-order valence-corrected chi connectivity index (χ0v) is 13.8. The van der Waals surface area contributed by atoms with Gasteiger partial charge in [0.05, 0.1) is 13.2 Å². The summed E-state index contributed by atoms with van der Waals surface area (Å²) < 4.78 is 6.36. The second-order valence-corrected chi connectivity index (χ2v) is 5.83. The fraction of sp³-hybridized carbons (Fsp3) is 0.429. The van der Waals surface area contributed by atoms with Crippen LogP contribution in [-0.2, 0) is 4.74 Å². The first-order valence-corrected chi connectivity index (χ1v) is 7.59. The van der Waals surface area contributed by atoms with E-state index in [1.165, 1.54) is 0 Å². The number of aryl methyl sites for hydroxylation is 1. The maximum Gasteiger partial charge on any atom is 0.271 e. The van der Waals surface area contributed by atoms with Gasteiger partial charge >= 0.3 is 0 Å². The third-order valence-electron chi connectivity index (χ3n) is 3.22. The average molecular weight is 387 g/mol. The summed E-state index contributed by atoms with van der Waals surface area (Å²) in [6.07, 6.45) is 0. The Morgan fingerprint density at radius 1 is 1.40 bits per heavy atom. The summed E-state index contributed by atoms with van der Waals surface area (Å²) in [5.41, 5.74) is 4.39. The maximum absolute atomic E-state index is 12.0. The lowest BCUT2D eigenvalue weighted by molar-refractivity contribution is 0.0674. The number of benzene rings is 1. The van der Waals surface area contributed by atoms with Crippen LogP contribution in [0.4, 0.5) is 0 Å². The fourth-order valence-corrected chi connectivity index (χ4v) is 2.40. The van der Waals surface area contributed by atoms with Gasteiger partial charge in [0.15, 0.2) is 0 Å². The molecule has 1 aromatic carbocycles. The van der Waals surface area contributed by atoms with E-state index in [9.17, 15) is 4.79 Å². The van der Waals surface area contributed by atoms with E-state index in [1.807, 2.05) is 32.0 Å². The number of halogens is 1. The summed E-state index contributed by atoms with van der Waals surface area (Å²) in [4.78, 5) is 14.1. The van der Waals surface area contributed by atoms with Crippen LogP contribution in [-0.4, -0.2) is 42.9 Å². The molecule has 0 unspecified atom stereocenters. The number of nitrogens with one attached hydrogen (secondary N) is 1. The number of ether oxygens (including phenoxy) is 1. The zero-order valence-electron chi connectivity index (χ0n) is 11.6. The number of rotatable bonds is 2. The van der Waals surface area contributed by atoms with Crippen LogP contribution in [0.1, 0.15) is 22.8 Å². The summed E-state index contributed by atoms with van der Waals surface area (Å²) >= 11 is 2.22. The van der Waals surface area contributed by atoms with E-state index in [0.717, 1.165) is 28.1 Å². The molecule has 1 saturated heterocycles. The van der Waals surface area contributed by atoms with Gasteiger partial charge in [-0.05, 0) is 54.1 Å². The number of nitrogens with zero attached hydrogens (tertiary/aromatic N) is 2. The SMILES string of the molecule is C/C(=N\NC(=O)c1ccc(C)c(I)c1)N1CCOCC1. The quantitative estimate of drug-likeness (QED) is 0.366. The topological polar surface area (TPSA) is 53.9 Å². The van der Waals surface area contributed by atoms with Crippen LogP contribution >= 0.6 is 22.6 Å². The predicted octanol–water partition coefficient (Wildman–Crippen LogP) is 2.00. The Kier molecular flexibility index (Phi) is 5.36. The standard InChI is InChI=1S/C14H18IN3O2/c1-10-3-4-12(9-13(10)15)14(19)17-16-11(2)18-5-7-20-8-6-18/h3-4,9H,5-8H2,1-2H3,(H,17,19)/b16-11+. The minimum absolute atomic E-state index is 0.185. The highest BCUT2D eigenvalue weighted by molar-refractivity contribution is 14.1. The zero-order chi connectivity index (χ0) is 14.5. The number of hydrogen-bond acceptors (Lipinski definition) is 3. The molecule has 1 heterocycles. The molecule has 2 rings (SSSR count). The van der Waals surface area contributed by atoms with Crippen molar-refractivity contribution in [3.05, 3.63) is 32.9 Å². The van der Waals surface area contributed by atoms with E-state index in [4.69, 9.17) is 4.74 Å². The molecule has 20 heavy (non-hydrogen) atoms. The Bertz CT molecular complexity index is 525. The van der Waals surface area contributed by atoms with Gasteiger partial charge in [-0.3, -0.25) is 4.79 Å². The molecule has 6 heteroatoms. The monoisotopic (exact) mass is 387 g/mol. The highest BCUT2D eigenvalue weighted by atomic mass is 127. The van der Waals surface area contributed by atoms with Crippen LogP contribution in [0.5, 0.6) is 0 Å². The van der Waals surface area contributed by atoms with Crippen molar-refractivity contribution in [2.75, 3.05) is 26.3 Å².